The molecular formula is C19H17F2N3OS. The Bertz CT molecular complexity index is 941. The molecule has 26 heavy (non-hydrogen) atoms. The number of anilines is 1. The van der Waals surface area contributed by atoms with E-state index in [-0.39, 0.29) is 16.6 Å². The van der Waals surface area contributed by atoms with E-state index in [1.54, 1.807) is 11.6 Å². The molecule has 0 aliphatic carbocycles. The maximum Gasteiger partial charge on any atom is 0.234 e. The Morgan fingerprint density at radius 1 is 1.15 bits per heavy atom. The molecule has 7 heteroatoms. The van der Waals surface area contributed by atoms with Crippen LogP contribution in [0.3, 0.4) is 0 Å². The highest BCUT2D eigenvalue weighted by atomic mass is 32.2. The number of nitrogens with one attached hydrogen (secondary N) is 1. The zero-order valence-electron chi connectivity index (χ0n) is 14.3. The Morgan fingerprint density at radius 3 is 2.62 bits per heavy atom. The van der Waals surface area contributed by atoms with Crippen LogP contribution in [0.5, 0.6) is 0 Å². The third-order valence-corrected chi connectivity index (χ3v) is 4.84. The standard InChI is InChI=1S/C19H17F2N3OS/c1-12-19(13(2)24(23-12)15-6-4-3-5-7-15)22-18(25)11-26-17-10-14(20)8-9-16(17)21/h3-10H,11H2,1-2H3,(H,22,25). The lowest BCUT2D eigenvalue weighted by atomic mass is 10.3. The van der Waals surface area contributed by atoms with Crippen LogP contribution in [-0.2, 0) is 4.79 Å². The number of carbonyl (C=O) groups is 1. The molecule has 0 saturated carbocycles. The monoisotopic (exact) mass is 373 g/mol. The fourth-order valence-corrected chi connectivity index (χ4v) is 3.31. The highest BCUT2D eigenvalue weighted by Crippen LogP contribution is 2.25. The summed E-state index contributed by atoms with van der Waals surface area (Å²) in [5, 5.41) is 7.28. The molecule has 1 amide bonds. The van der Waals surface area contributed by atoms with E-state index in [0.29, 0.717) is 11.4 Å². The second-order valence-corrected chi connectivity index (χ2v) is 6.72. The number of para-hydroxylation sites is 1. The number of aryl methyl sites for hydroxylation is 1. The fraction of sp³-hybridized carbons (Fsp3) is 0.158. The van der Waals surface area contributed by atoms with Gasteiger partial charge in [0.15, 0.2) is 0 Å². The summed E-state index contributed by atoms with van der Waals surface area (Å²) in [5.74, 6) is -1.42. The van der Waals surface area contributed by atoms with E-state index in [0.717, 1.165) is 41.3 Å². The van der Waals surface area contributed by atoms with Crippen molar-refractivity contribution in [2.75, 3.05) is 11.1 Å². The minimum atomic E-state index is -0.548. The van der Waals surface area contributed by atoms with Crippen molar-refractivity contribution in [2.45, 2.75) is 18.7 Å². The Morgan fingerprint density at radius 2 is 1.88 bits per heavy atom. The molecule has 3 aromatic rings. The lowest BCUT2D eigenvalue weighted by Gasteiger charge is -2.07. The van der Waals surface area contributed by atoms with E-state index in [1.807, 2.05) is 37.3 Å². The molecule has 0 atom stereocenters. The number of aromatic nitrogens is 2. The first kappa shape index (κ1) is 18.1. The highest BCUT2D eigenvalue weighted by molar-refractivity contribution is 8.00. The first-order valence-electron chi connectivity index (χ1n) is 7.95. The van der Waals surface area contributed by atoms with E-state index in [1.165, 1.54) is 0 Å². The van der Waals surface area contributed by atoms with Gasteiger partial charge in [-0.2, -0.15) is 5.10 Å². The molecule has 0 fully saturated rings. The Balaban J connectivity index is 1.72. The lowest BCUT2D eigenvalue weighted by molar-refractivity contribution is -0.113. The van der Waals surface area contributed by atoms with Gasteiger partial charge in [-0.25, -0.2) is 13.5 Å². The number of carbonyl (C=O) groups excluding carboxylic acids is 1. The van der Waals surface area contributed by atoms with Crippen molar-refractivity contribution in [3.05, 3.63) is 71.6 Å². The average Bonchev–Trinajstić information content (AvgIpc) is 2.91. The van der Waals surface area contributed by atoms with Crippen LogP contribution in [0.1, 0.15) is 11.4 Å². The van der Waals surface area contributed by atoms with E-state index >= 15 is 0 Å². The number of rotatable bonds is 5. The van der Waals surface area contributed by atoms with Crippen molar-refractivity contribution in [2.24, 2.45) is 0 Å². The van der Waals surface area contributed by atoms with E-state index in [9.17, 15) is 13.6 Å². The van der Waals surface area contributed by atoms with Gasteiger partial charge in [0.2, 0.25) is 5.91 Å². The molecule has 1 N–H and O–H groups in total. The molecular weight excluding hydrogens is 356 g/mol. The topological polar surface area (TPSA) is 46.9 Å². The van der Waals surface area contributed by atoms with E-state index in [2.05, 4.69) is 10.4 Å². The van der Waals surface area contributed by atoms with Gasteiger partial charge in [0.25, 0.3) is 0 Å². The normalized spacial score (nSPS) is 10.8. The number of thioether (sulfide) groups is 1. The van der Waals surface area contributed by atoms with Crippen LogP contribution in [0, 0.1) is 25.5 Å². The quantitative estimate of drug-likeness (QED) is 0.670. The van der Waals surface area contributed by atoms with Crippen LogP contribution in [0.4, 0.5) is 14.5 Å². The van der Waals surface area contributed by atoms with Crippen molar-refractivity contribution in [3.63, 3.8) is 0 Å². The summed E-state index contributed by atoms with van der Waals surface area (Å²) in [6, 6.07) is 12.8. The second-order valence-electron chi connectivity index (χ2n) is 5.70. The number of amides is 1. The van der Waals surface area contributed by atoms with Gasteiger partial charge in [0.1, 0.15) is 11.6 Å². The minimum absolute atomic E-state index is 0.0320. The lowest BCUT2D eigenvalue weighted by Crippen LogP contribution is -2.15. The number of hydrogen-bond donors (Lipinski definition) is 1. The van der Waals surface area contributed by atoms with Gasteiger partial charge < -0.3 is 5.32 Å². The molecule has 3 rings (SSSR count). The Kier molecular flexibility index (Phi) is 5.37. The summed E-state index contributed by atoms with van der Waals surface area (Å²) in [6.07, 6.45) is 0. The largest absolute Gasteiger partial charge is 0.322 e. The number of hydrogen-bond acceptors (Lipinski definition) is 3. The summed E-state index contributed by atoms with van der Waals surface area (Å²) >= 11 is 0.949. The third kappa shape index (κ3) is 3.94. The van der Waals surface area contributed by atoms with Gasteiger partial charge in [-0.3, -0.25) is 4.79 Å². The molecule has 134 valence electrons. The smallest absolute Gasteiger partial charge is 0.234 e. The zero-order chi connectivity index (χ0) is 18.7. The van der Waals surface area contributed by atoms with Crippen LogP contribution in [0.25, 0.3) is 5.69 Å². The highest BCUT2D eigenvalue weighted by Gasteiger charge is 2.16. The van der Waals surface area contributed by atoms with Crippen LogP contribution in [-0.4, -0.2) is 21.4 Å². The SMILES string of the molecule is Cc1nn(-c2ccccc2)c(C)c1NC(=O)CSc1cc(F)ccc1F. The number of halogens is 2. The molecule has 0 aliphatic rings. The van der Waals surface area contributed by atoms with Crippen LogP contribution in [0.15, 0.2) is 53.4 Å². The van der Waals surface area contributed by atoms with Crippen molar-refractivity contribution in [1.29, 1.82) is 0 Å². The Hall–Kier alpha value is -2.67. The van der Waals surface area contributed by atoms with Gasteiger partial charge in [-0.15, -0.1) is 11.8 Å². The van der Waals surface area contributed by atoms with Crippen molar-refractivity contribution < 1.29 is 13.6 Å². The molecule has 0 bridgehead atoms. The van der Waals surface area contributed by atoms with Gasteiger partial charge >= 0.3 is 0 Å². The average molecular weight is 373 g/mol. The molecule has 0 aliphatic heterocycles. The molecule has 2 aromatic carbocycles. The third-order valence-electron chi connectivity index (χ3n) is 3.81. The molecule has 0 spiro atoms. The van der Waals surface area contributed by atoms with Gasteiger partial charge in [-0.05, 0) is 44.2 Å². The predicted molar refractivity (Wildman–Crippen MR) is 98.7 cm³/mol. The summed E-state index contributed by atoms with van der Waals surface area (Å²) < 4.78 is 28.6. The van der Waals surface area contributed by atoms with Crippen molar-refractivity contribution in [3.8, 4) is 5.69 Å². The number of benzene rings is 2. The molecule has 4 nitrogen and oxygen atoms in total. The second kappa shape index (κ2) is 7.70. The zero-order valence-corrected chi connectivity index (χ0v) is 15.1. The maximum atomic E-state index is 13.6. The first-order valence-corrected chi connectivity index (χ1v) is 8.93. The van der Waals surface area contributed by atoms with Crippen LogP contribution >= 0.6 is 11.8 Å². The Labute approximate surface area is 154 Å². The van der Waals surface area contributed by atoms with Gasteiger partial charge in [0.05, 0.1) is 28.5 Å². The van der Waals surface area contributed by atoms with Crippen molar-refractivity contribution in [1.82, 2.24) is 9.78 Å². The summed E-state index contributed by atoms with van der Waals surface area (Å²) in [7, 11) is 0. The molecule has 0 radical (unpaired) electrons. The maximum absolute atomic E-state index is 13.6. The number of nitrogens with zero attached hydrogens (tertiary/aromatic N) is 2. The van der Waals surface area contributed by atoms with Gasteiger partial charge in [0, 0.05) is 4.90 Å². The molecule has 1 heterocycles. The summed E-state index contributed by atoms with van der Waals surface area (Å²) in [5.41, 5.74) is 2.99. The molecule has 1 aromatic heterocycles. The van der Waals surface area contributed by atoms with Gasteiger partial charge in [-0.1, -0.05) is 18.2 Å². The predicted octanol–water partition coefficient (Wildman–Crippen LogP) is 4.50. The van der Waals surface area contributed by atoms with Crippen LogP contribution in [0.2, 0.25) is 0 Å². The molecule has 0 saturated heterocycles. The molecule has 0 unspecified atom stereocenters. The summed E-state index contributed by atoms with van der Waals surface area (Å²) in [6.45, 7) is 3.67. The van der Waals surface area contributed by atoms with Crippen LogP contribution < -0.4 is 5.32 Å². The fourth-order valence-electron chi connectivity index (χ4n) is 2.55. The van der Waals surface area contributed by atoms with Crippen molar-refractivity contribution >= 4 is 23.4 Å². The first-order chi connectivity index (χ1) is 12.5. The van der Waals surface area contributed by atoms with E-state index in [4.69, 9.17) is 0 Å². The minimum Gasteiger partial charge on any atom is -0.322 e. The summed E-state index contributed by atoms with van der Waals surface area (Å²) in [4.78, 5) is 12.4. The van der Waals surface area contributed by atoms with E-state index < -0.39 is 11.6 Å².